The van der Waals surface area contributed by atoms with E-state index >= 15 is 0 Å². The molecule has 0 saturated heterocycles. The summed E-state index contributed by atoms with van der Waals surface area (Å²) in [6.45, 7) is 0.887. The van der Waals surface area contributed by atoms with Gasteiger partial charge in [-0.3, -0.25) is 4.79 Å². The fourth-order valence-electron chi connectivity index (χ4n) is 2.43. The smallest absolute Gasteiger partial charge is 0.238 e. The number of methoxy groups -OCH3 is 3. The number of para-hydroxylation sites is 1. The van der Waals surface area contributed by atoms with Gasteiger partial charge in [-0.1, -0.05) is 18.2 Å². The largest absolute Gasteiger partial charge is 0.497 e. The number of benzene rings is 2. The van der Waals surface area contributed by atoms with Crippen molar-refractivity contribution >= 4 is 11.6 Å². The highest BCUT2D eigenvalue weighted by molar-refractivity contribution is 5.93. The van der Waals surface area contributed by atoms with Gasteiger partial charge in [0.15, 0.2) is 0 Å². The molecule has 0 saturated carbocycles. The van der Waals surface area contributed by atoms with Crippen molar-refractivity contribution in [1.29, 1.82) is 0 Å². The number of amides is 1. The highest BCUT2D eigenvalue weighted by atomic mass is 16.5. The van der Waals surface area contributed by atoms with Crippen LogP contribution in [0.5, 0.6) is 17.2 Å². The summed E-state index contributed by atoms with van der Waals surface area (Å²) in [4.78, 5) is 12.1. The molecule has 1 amide bonds. The standard InChI is InChI=1S/C19H24N2O4/c1-23-15-8-9-16(18(12-15)25-3)21-19(22)13-20-11-10-14-6-4-5-7-17(14)24-2/h4-9,12,20H,10-11,13H2,1-3H3,(H,21,22). The Labute approximate surface area is 148 Å². The van der Waals surface area contributed by atoms with Gasteiger partial charge in [0.2, 0.25) is 5.91 Å². The van der Waals surface area contributed by atoms with E-state index in [1.165, 1.54) is 0 Å². The summed E-state index contributed by atoms with van der Waals surface area (Å²) in [5, 5.41) is 5.96. The molecule has 0 heterocycles. The van der Waals surface area contributed by atoms with E-state index in [-0.39, 0.29) is 12.5 Å². The second-order valence-corrected chi connectivity index (χ2v) is 5.35. The van der Waals surface area contributed by atoms with E-state index in [1.54, 1.807) is 39.5 Å². The third kappa shape index (κ3) is 5.39. The average Bonchev–Trinajstić information content (AvgIpc) is 2.65. The van der Waals surface area contributed by atoms with Crippen LogP contribution in [0.25, 0.3) is 0 Å². The maximum Gasteiger partial charge on any atom is 0.238 e. The highest BCUT2D eigenvalue weighted by Crippen LogP contribution is 2.28. The molecule has 0 aromatic heterocycles. The maximum absolute atomic E-state index is 12.1. The summed E-state index contributed by atoms with van der Waals surface area (Å²) in [6.07, 6.45) is 0.781. The SMILES string of the molecule is COc1ccc(NC(=O)CNCCc2ccccc2OC)c(OC)c1. The first-order valence-corrected chi connectivity index (χ1v) is 8.02. The minimum absolute atomic E-state index is 0.136. The Balaban J connectivity index is 1.81. The Morgan fingerprint density at radius 3 is 2.44 bits per heavy atom. The predicted octanol–water partition coefficient (Wildman–Crippen LogP) is 2.48. The molecule has 0 aliphatic carbocycles. The molecule has 134 valence electrons. The lowest BCUT2D eigenvalue weighted by Crippen LogP contribution is -2.29. The fraction of sp³-hybridized carbons (Fsp3) is 0.316. The fourth-order valence-corrected chi connectivity index (χ4v) is 2.43. The minimum atomic E-state index is -0.136. The number of rotatable bonds is 9. The lowest BCUT2D eigenvalue weighted by Gasteiger charge is -2.12. The van der Waals surface area contributed by atoms with Crippen LogP contribution in [0.1, 0.15) is 5.56 Å². The highest BCUT2D eigenvalue weighted by Gasteiger charge is 2.09. The van der Waals surface area contributed by atoms with Crippen LogP contribution in [0.3, 0.4) is 0 Å². The third-order valence-electron chi connectivity index (χ3n) is 3.73. The van der Waals surface area contributed by atoms with Crippen LogP contribution in [0, 0.1) is 0 Å². The summed E-state index contributed by atoms with van der Waals surface area (Å²) in [5.74, 6) is 1.95. The van der Waals surface area contributed by atoms with E-state index in [4.69, 9.17) is 14.2 Å². The number of ether oxygens (including phenoxy) is 3. The predicted molar refractivity (Wildman–Crippen MR) is 97.7 cm³/mol. The lowest BCUT2D eigenvalue weighted by molar-refractivity contribution is -0.115. The van der Waals surface area contributed by atoms with Crippen LogP contribution in [-0.2, 0) is 11.2 Å². The van der Waals surface area contributed by atoms with Crippen LogP contribution in [0.2, 0.25) is 0 Å². The molecule has 6 heteroatoms. The zero-order chi connectivity index (χ0) is 18.1. The van der Waals surface area contributed by atoms with Gasteiger partial charge in [-0.05, 0) is 36.7 Å². The van der Waals surface area contributed by atoms with E-state index in [2.05, 4.69) is 10.6 Å². The van der Waals surface area contributed by atoms with Crippen LogP contribution in [0.4, 0.5) is 5.69 Å². The molecule has 0 fully saturated rings. The van der Waals surface area contributed by atoms with Gasteiger partial charge >= 0.3 is 0 Å². The molecule has 2 aromatic carbocycles. The van der Waals surface area contributed by atoms with E-state index in [0.717, 1.165) is 17.7 Å². The van der Waals surface area contributed by atoms with Gasteiger partial charge in [0.25, 0.3) is 0 Å². The van der Waals surface area contributed by atoms with Crippen LogP contribution in [0.15, 0.2) is 42.5 Å². The number of carbonyl (C=O) groups excluding carboxylic acids is 1. The summed E-state index contributed by atoms with van der Waals surface area (Å²) in [5.41, 5.74) is 1.72. The zero-order valence-electron chi connectivity index (χ0n) is 14.8. The molecule has 0 atom stereocenters. The van der Waals surface area contributed by atoms with E-state index < -0.39 is 0 Å². The molecule has 0 unspecified atom stereocenters. The first-order chi connectivity index (χ1) is 12.2. The first-order valence-electron chi connectivity index (χ1n) is 8.02. The van der Waals surface area contributed by atoms with Gasteiger partial charge in [-0.15, -0.1) is 0 Å². The second-order valence-electron chi connectivity index (χ2n) is 5.35. The summed E-state index contributed by atoms with van der Waals surface area (Å²) in [7, 11) is 4.79. The Hall–Kier alpha value is -2.73. The number of hydrogen-bond acceptors (Lipinski definition) is 5. The van der Waals surface area contributed by atoms with Gasteiger partial charge < -0.3 is 24.8 Å². The van der Waals surface area contributed by atoms with Crippen molar-refractivity contribution in [3.63, 3.8) is 0 Å². The van der Waals surface area contributed by atoms with Crippen molar-refractivity contribution < 1.29 is 19.0 Å². The molecule has 0 aliphatic heterocycles. The monoisotopic (exact) mass is 344 g/mol. The Morgan fingerprint density at radius 2 is 1.72 bits per heavy atom. The van der Waals surface area contributed by atoms with Crippen molar-refractivity contribution in [3.8, 4) is 17.2 Å². The Bertz CT molecular complexity index is 704. The molecule has 6 nitrogen and oxygen atoms in total. The second kappa shape index (κ2) is 9.54. The molecule has 2 aromatic rings. The quantitative estimate of drug-likeness (QED) is 0.684. The molecule has 25 heavy (non-hydrogen) atoms. The topological polar surface area (TPSA) is 68.8 Å². The van der Waals surface area contributed by atoms with Crippen LogP contribution in [-0.4, -0.2) is 40.3 Å². The molecular weight excluding hydrogens is 320 g/mol. The van der Waals surface area contributed by atoms with Crippen molar-refractivity contribution in [2.24, 2.45) is 0 Å². The molecule has 2 rings (SSSR count). The maximum atomic E-state index is 12.1. The third-order valence-corrected chi connectivity index (χ3v) is 3.73. The molecule has 2 N–H and O–H groups in total. The molecular formula is C19H24N2O4. The van der Waals surface area contributed by atoms with Crippen molar-refractivity contribution in [2.75, 3.05) is 39.7 Å². The van der Waals surface area contributed by atoms with E-state index in [1.807, 2.05) is 24.3 Å². The molecule has 0 aliphatic rings. The van der Waals surface area contributed by atoms with E-state index in [9.17, 15) is 4.79 Å². The van der Waals surface area contributed by atoms with Gasteiger partial charge in [-0.2, -0.15) is 0 Å². The summed E-state index contributed by atoms with van der Waals surface area (Å²) in [6, 6.07) is 13.1. The Kier molecular flexibility index (Phi) is 7.10. The van der Waals surface area contributed by atoms with Gasteiger partial charge in [0, 0.05) is 6.07 Å². The number of nitrogens with one attached hydrogen (secondary N) is 2. The molecule has 0 spiro atoms. The van der Waals surface area contributed by atoms with Crippen LogP contribution >= 0.6 is 0 Å². The Morgan fingerprint density at radius 1 is 0.960 bits per heavy atom. The molecule has 0 bridgehead atoms. The van der Waals surface area contributed by atoms with Crippen molar-refractivity contribution in [2.45, 2.75) is 6.42 Å². The number of carbonyl (C=O) groups is 1. The summed E-state index contributed by atoms with van der Waals surface area (Å²) >= 11 is 0. The van der Waals surface area contributed by atoms with Gasteiger partial charge in [0.1, 0.15) is 17.2 Å². The van der Waals surface area contributed by atoms with Crippen LogP contribution < -0.4 is 24.8 Å². The minimum Gasteiger partial charge on any atom is -0.497 e. The van der Waals surface area contributed by atoms with E-state index in [0.29, 0.717) is 23.7 Å². The lowest BCUT2D eigenvalue weighted by atomic mass is 10.1. The number of hydrogen-bond donors (Lipinski definition) is 2. The first kappa shape index (κ1) is 18.6. The van der Waals surface area contributed by atoms with Gasteiger partial charge in [-0.25, -0.2) is 0 Å². The molecule has 0 radical (unpaired) electrons. The van der Waals surface area contributed by atoms with Crippen molar-refractivity contribution in [1.82, 2.24) is 5.32 Å². The van der Waals surface area contributed by atoms with Crippen molar-refractivity contribution in [3.05, 3.63) is 48.0 Å². The summed E-state index contributed by atoms with van der Waals surface area (Å²) < 4.78 is 15.7. The zero-order valence-corrected chi connectivity index (χ0v) is 14.8. The number of anilines is 1. The van der Waals surface area contributed by atoms with Gasteiger partial charge in [0.05, 0.1) is 33.6 Å². The average molecular weight is 344 g/mol. The normalized spacial score (nSPS) is 10.2.